The van der Waals surface area contributed by atoms with Gasteiger partial charge in [-0.15, -0.1) is 0 Å². The molecule has 1 N–H and O–H groups in total. The Kier molecular flexibility index (Phi) is 6.02. The van der Waals surface area contributed by atoms with Gasteiger partial charge in [-0.1, -0.05) is 66.7 Å². The number of anilines is 1. The number of hydrogen-bond donors (Lipinski definition) is 1. The van der Waals surface area contributed by atoms with E-state index in [1.165, 1.54) is 0 Å². The standard InChI is InChI=1S/C29H25NO5S/c1-4-34-29(31)26-23-17-24(30-36(32,33)25-16-18(2)14-15-19(25)3)21-12-8-9-13-22(21)28(23)35-27(26)20-10-6-5-7-11-20/h5-17,30H,4H2,1-3H3. The van der Waals surface area contributed by atoms with Crippen LogP contribution < -0.4 is 4.72 Å². The highest BCUT2D eigenvalue weighted by atomic mass is 32.2. The second kappa shape index (κ2) is 9.17. The summed E-state index contributed by atoms with van der Waals surface area (Å²) in [4.78, 5) is 13.3. The van der Waals surface area contributed by atoms with Crippen LogP contribution in [0.4, 0.5) is 5.69 Å². The number of carbonyl (C=O) groups excluding carboxylic acids is 1. The minimum absolute atomic E-state index is 0.194. The van der Waals surface area contributed by atoms with Crippen LogP contribution in [0.2, 0.25) is 0 Å². The van der Waals surface area contributed by atoms with Gasteiger partial charge >= 0.3 is 5.97 Å². The molecule has 0 aliphatic rings. The molecule has 0 atom stereocenters. The third-order valence-corrected chi connectivity index (χ3v) is 7.60. The van der Waals surface area contributed by atoms with Gasteiger partial charge in [0, 0.05) is 21.7 Å². The van der Waals surface area contributed by atoms with Crippen molar-refractivity contribution >= 4 is 43.4 Å². The molecule has 0 aliphatic heterocycles. The summed E-state index contributed by atoms with van der Waals surface area (Å²) in [6, 6.07) is 23.6. The summed E-state index contributed by atoms with van der Waals surface area (Å²) in [5.74, 6) is -0.155. The predicted molar refractivity (Wildman–Crippen MR) is 142 cm³/mol. The number of aryl methyl sites for hydroxylation is 2. The Morgan fingerprint density at radius 1 is 0.889 bits per heavy atom. The van der Waals surface area contributed by atoms with Crippen LogP contribution >= 0.6 is 0 Å². The van der Waals surface area contributed by atoms with Crippen molar-refractivity contribution in [2.75, 3.05) is 11.3 Å². The molecule has 0 unspecified atom stereocenters. The van der Waals surface area contributed by atoms with Gasteiger partial charge in [0.05, 0.1) is 17.2 Å². The molecule has 0 radical (unpaired) electrons. The van der Waals surface area contributed by atoms with Crippen LogP contribution in [-0.2, 0) is 14.8 Å². The zero-order valence-electron chi connectivity index (χ0n) is 20.2. The first-order chi connectivity index (χ1) is 17.3. The van der Waals surface area contributed by atoms with Crippen molar-refractivity contribution in [1.82, 2.24) is 0 Å². The van der Waals surface area contributed by atoms with E-state index in [9.17, 15) is 13.2 Å². The number of hydrogen-bond acceptors (Lipinski definition) is 5. The van der Waals surface area contributed by atoms with Crippen LogP contribution in [0, 0.1) is 13.8 Å². The van der Waals surface area contributed by atoms with Crippen molar-refractivity contribution in [2.24, 2.45) is 0 Å². The third kappa shape index (κ3) is 4.12. The molecule has 0 saturated heterocycles. The van der Waals surface area contributed by atoms with E-state index in [1.807, 2.05) is 67.6 Å². The lowest BCUT2D eigenvalue weighted by atomic mass is 10.0. The summed E-state index contributed by atoms with van der Waals surface area (Å²) >= 11 is 0. The van der Waals surface area contributed by atoms with Crippen LogP contribution in [0.15, 0.2) is 88.2 Å². The Balaban J connectivity index is 1.79. The molecule has 4 aromatic carbocycles. The summed E-state index contributed by atoms with van der Waals surface area (Å²) in [6.45, 7) is 5.54. The molecule has 1 aromatic heterocycles. The van der Waals surface area contributed by atoms with E-state index in [1.54, 1.807) is 32.0 Å². The molecule has 6 nitrogen and oxygen atoms in total. The second-order valence-corrected chi connectivity index (χ2v) is 10.3. The molecule has 1 heterocycles. The molecule has 0 saturated carbocycles. The van der Waals surface area contributed by atoms with Crippen molar-refractivity contribution in [2.45, 2.75) is 25.7 Å². The van der Waals surface area contributed by atoms with Gasteiger partial charge in [0.2, 0.25) is 0 Å². The van der Waals surface area contributed by atoms with Gasteiger partial charge in [0.25, 0.3) is 10.0 Å². The lowest BCUT2D eigenvalue weighted by molar-refractivity contribution is 0.0528. The third-order valence-electron chi connectivity index (χ3n) is 6.09. The van der Waals surface area contributed by atoms with Crippen LogP contribution in [0.5, 0.6) is 0 Å². The lowest BCUT2D eigenvalue weighted by Crippen LogP contribution is -2.15. The topological polar surface area (TPSA) is 85.6 Å². The summed E-state index contributed by atoms with van der Waals surface area (Å²) < 4.78 is 41.4. The number of furan rings is 1. The van der Waals surface area contributed by atoms with Crippen LogP contribution in [0.25, 0.3) is 33.1 Å². The zero-order chi connectivity index (χ0) is 25.4. The molecule has 5 rings (SSSR count). The Labute approximate surface area is 209 Å². The second-order valence-electron chi connectivity index (χ2n) is 8.61. The summed E-state index contributed by atoms with van der Waals surface area (Å²) in [7, 11) is -3.91. The molecule has 36 heavy (non-hydrogen) atoms. The number of rotatable bonds is 6. The van der Waals surface area contributed by atoms with Crippen molar-refractivity contribution in [3.05, 3.63) is 95.6 Å². The largest absolute Gasteiger partial charge is 0.462 e. The SMILES string of the molecule is CCOC(=O)c1c(-c2ccccc2)oc2c1cc(NS(=O)(=O)c1cc(C)ccc1C)c1ccccc12. The maximum atomic E-state index is 13.5. The van der Waals surface area contributed by atoms with Crippen molar-refractivity contribution in [3.8, 4) is 11.3 Å². The monoisotopic (exact) mass is 499 g/mol. The number of carbonyl (C=O) groups is 1. The molecule has 5 aromatic rings. The molecular weight excluding hydrogens is 474 g/mol. The van der Waals surface area contributed by atoms with Gasteiger partial charge in [0.15, 0.2) is 0 Å². The summed E-state index contributed by atoms with van der Waals surface area (Å²) in [5, 5.41) is 1.81. The Hall–Kier alpha value is -4.10. The number of ether oxygens (including phenoxy) is 1. The van der Waals surface area contributed by atoms with E-state index >= 15 is 0 Å². The number of esters is 1. The highest BCUT2D eigenvalue weighted by Gasteiger charge is 2.27. The molecule has 0 spiro atoms. The van der Waals surface area contributed by atoms with Crippen LogP contribution in [0.3, 0.4) is 0 Å². The van der Waals surface area contributed by atoms with Gasteiger partial charge in [-0.2, -0.15) is 0 Å². The quantitative estimate of drug-likeness (QED) is 0.258. The summed E-state index contributed by atoms with van der Waals surface area (Å²) in [5.41, 5.74) is 3.30. The fourth-order valence-electron chi connectivity index (χ4n) is 4.40. The predicted octanol–water partition coefficient (Wildman–Crippen LogP) is 6.85. The zero-order valence-corrected chi connectivity index (χ0v) is 21.0. The minimum atomic E-state index is -3.91. The van der Waals surface area contributed by atoms with Gasteiger partial charge in [-0.3, -0.25) is 4.72 Å². The van der Waals surface area contributed by atoms with Crippen LogP contribution in [0.1, 0.15) is 28.4 Å². The highest BCUT2D eigenvalue weighted by molar-refractivity contribution is 7.92. The molecule has 0 fully saturated rings. The lowest BCUT2D eigenvalue weighted by Gasteiger charge is -2.14. The van der Waals surface area contributed by atoms with Crippen LogP contribution in [-0.4, -0.2) is 21.0 Å². The van der Waals surface area contributed by atoms with Crippen molar-refractivity contribution < 1.29 is 22.4 Å². The van der Waals surface area contributed by atoms with Crippen molar-refractivity contribution in [3.63, 3.8) is 0 Å². The smallest absolute Gasteiger partial charge is 0.342 e. The normalized spacial score (nSPS) is 11.6. The molecule has 7 heteroatoms. The number of sulfonamides is 1. The molecular formula is C29H25NO5S. The maximum absolute atomic E-state index is 13.5. The molecule has 0 aliphatic carbocycles. The molecule has 182 valence electrons. The first kappa shape index (κ1) is 23.6. The van der Waals surface area contributed by atoms with Gasteiger partial charge in [-0.05, 0) is 44.0 Å². The molecule has 0 bridgehead atoms. The van der Waals surface area contributed by atoms with E-state index in [-0.39, 0.29) is 17.1 Å². The fraction of sp³-hybridized carbons (Fsp3) is 0.138. The fourth-order valence-corrected chi connectivity index (χ4v) is 5.80. The average molecular weight is 500 g/mol. The first-order valence-electron chi connectivity index (χ1n) is 11.6. The first-order valence-corrected chi connectivity index (χ1v) is 13.1. The van der Waals surface area contributed by atoms with Crippen molar-refractivity contribution in [1.29, 1.82) is 0 Å². The van der Waals surface area contributed by atoms with Gasteiger partial charge in [0.1, 0.15) is 16.9 Å². The van der Waals surface area contributed by atoms with E-state index in [4.69, 9.17) is 9.15 Å². The number of nitrogens with one attached hydrogen (secondary N) is 1. The Bertz CT molecular complexity index is 1720. The Morgan fingerprint density at radius 2 is 1.58 bits per heavy atom. The Morgan fingerprint density at radius 3 is 2.31 bits per heavy atom. The average Bonchev–Trinajstić information content (AvgIpc) is 3.26. The van der Waals surface area contributed by atoms with E-state index in [0.717, 1.165) is 11.1 Å². The number of fused-ring (bicyclic) bond motifs is 3. The highest BCUT2D eigenvalue weighted by Crippen LogP contribution is 2.41. The molecule has 0 amide bonds. The van der Waals surface area contributed by atoms with E-state index < -0.39 is 16.0 Å². The summed E-state index contributed by atoms with van der Waals surface area (Å²) in [6.07, 6.45) is 0. The minimum Gasteiger partial charge on any atom is -0.462 e. The maximum Gasteiger partial charge on any atom is 0.342 e. The van der Waals surface area contributed by atoms with E-state index in [2.05, 4.69) is 4.72 Å². The van der Waals surface area contributed by atoms with Gasteiger partial charge in [-0.25, -0.2) is 13.2 Å². The van der Waals surface area contributed by atoms with Gasteiger partial charge < -0.3 is 9.15 Å². The van der Waals surface area contributed by atoms with E-state index in [0.29, 0.717) is 38.8 Å². The number of benzene rings is 4.